The predicted octanol–water partition coefficient (Wildman–Crippen LogP) is 4.29. The first-order chi connectivity index (χ1) is 22.2. The number of rotatable bonds is 9. The van der Waals surface area contributed by atoms with Gasteiger partial charge in [-0.05, 0) is 72.8 Å². The van der Waals surface area contributed by atoms with Crippen LogP contribution in [-0.4, -0.2) is 58.1 Å². The van der Waals surface area contributed by atoms with Crippen molar-refractivity contribution in [3.8, 4) is 0 Å². The highest BCUT2D eigenvalue weighted by Gasteiger charge is 2.52. The summed E-state index contributed by atoms with van der Waals surface area (Å²) < 4.78 is 0. The Kier molecular flexibility index (Phi) is 9.29. The lowest BCUT2D eigenvalue weighted by Gasteiger charge is -2.36. The molecule has 0 spiro atoms. The van der Waals surface area contributed by atoms with E-state index in [4.69, 9.17) is 11.6 Å². The smallest absolute Gasteiger partial charge is 0.264 e. The normalized spacial score (nSPS) is 23.0. The molecule has 4 N–H and O–H groups in total. The van der Waals surface area contributed by atoms with Crippen LogP contribution in [0.4, 0.5) is 11.4 Å². The van der Waals surface area contributed by atoms with Gasteiger partial charge in [0.1, 0.15) is 0 Å². The zero-order valence-corrected chi connectivity index (χ0v) is 26.5. The van der Waals surface area contributed by atoms with Crippen molar-refractivity contribution in [1.82, 2.24) is 10.2 Å². The van der Waals surface area contributed by atoms with E-state index in [2.05, 4.69) is 10.6 Å². The van der Waals surface area contributed by atoms with Crippen LogP contribution in [0.15, 0.2) is 78.9 Å². The molecule has 0 saturated carbocycles. The minimum Gasteiger partial charge on any atom is -0.394 e. The number of hydrogen-bond acceptors (Lipinski definition) is 6. The van der Waals surface area contributed by atoms with Crippen molar-refractivity contribution >= 4 is 40.7 Å². The lowest BCUT2D eigenvalue weighted by Crippen LogP contribution is -2.46. The Morgan fingerprint density at radius 2 is 1.93 bits per heavy atom. The minimum atomic E-state index is -1.91. The van der Waals surface area contributed by atoms with E-state index in [1.165, 1.54) is 4.90 Å². The maximum Gasteiger partial charge on any atom is 0.264 e. The first kappa shape index (κ1) is 31.9. The molecular formula is C36H39ClN4O5. The fraction of sp³-hybridized carbons (Fsp3) is 0.361. The number of halogens is 1. The molecule has 3 aliphatic heterocycles. The topological polar surface area (TPSA) is 122 Å². The third-order valence-corrected chi connectivity index (χ3v) is 9.64. The molecular weight excluding hydrogens is 604 g/mol. The maximum atomic E-state index is 14.0. The van der Waals surface area contributed by atoms with Gasteiger partial charge >= 0.3 is 0 Å². The Morgan fingerprint density at radius 3 is 2.70 bits per heavy atom. The molecule has 0 bridgehead atoms. The molecule has 0 radical (unpaired) electrons. The number of carbonyl (C=O) groups excluding carboxylic acids is 3. The van der Waals surface area contributed by atoms with E-state index in [1.807, 2.05) is 48.5 Å². The van der Waals surface area contributed by atoms with Gasteiger partial charge in [0.2, 0.25) is 11.8 Å². The molecule has 3 heterocycles. The van der Waals surface area contributed by atoms with Crippen LogP contribution in [0.1, 0.15) is 48.4 Å². The van der Waals surface area contributed by atoms with E-state index < -0.39 is 17.4 Å². The monoisotopic (exact) mass is 642 g/mol. The number of hydrogen-bond donors (Lipinski definition) is 4. The standard InChI is InChI=1S/C36H39ClN4O5/c1-23(7-4-13-33(43)40-21-26-10-3-2-9-25(26)18-29(40)22-42)36(46)30-19-27(37)14-15-32(30)41(35(36)45)20-24-8-5-11-28(17-24)39-34(44)31-12-6-16-38-31/h2-5,7-11,14-15,17,19,23,29,31,38,42,46H,6,12-13,16,18,20-22H2,1H3,(H,39,44)/b7-4+/t23-,29-,31+,36+/m0/s1. The van der Waals surface area contributed by atoms with Crippen molar-refractivity contribution in [3.63, 3.8) is 0 Å². The molecule has 1 saturated heterocycles. The van der Waals surface area contributed by atoms with Crippen molar-refractivity contribution in [2.75, 3.05) is 23.4 Å². The van der Waals surface area contributed by atoms with Gasteiger partial charge in [0, 0.05) is 35.2 Å². The summed E-state index contributed by atoms with van der Waals surface area (Å²) in [4.78, 5) is 43.2. The van der Waals surface area contributed by atoms with E-state index in [0.29, 0.717) is 34.9 Å². The molecule has 0 aliphatic carbocycles. The van der Waals surface area contributed by atoms with Gasteiger partial charge < -0.3 is 30.6 Å². The number of benzene rings is 3. The molecule has 10 heteroatoms. The summed E-state index contributed by atoms with van der Waals surface area (Å²) in [5, 5.41) is 28.6. The van der Waals surface area contributed by atoms with Crippen LogP contribution in [0, 0.1) is 5.92 Å². The lowest BCUT2D eigenvalue weighted by molar-refractivity contribution is -0.139. The Labute approximate surface area is 273 Å². The van der Waals surface area contributed by atoms with Gasteiger partial charge in [-0.25, -0.2) is 0 Å². The van der Waals surface area contributed by atoms with E-state index in [9.17, 15) is 24.6 Å². The van der Waals surface area contributed by atoms with Gasteiger partial charge in [-0.2, -0.15) is 0 Å². The third-order valence-electron chi connectivity index (χ3n) is 9.41. The number of nitrogens with one attached hydrogen (secondary N) is 2. The average molecular weight is 643 g/mol. The molecule has 240 valence electrons. The Morgan fingerprint density at radius 1 is 1.13 bits per heavy atom. The van der Waals surface area contributed by atoms with Crippen LogP contribution < -0.4 is 15.5 Å². The Hall–Kier alpha value is -4.02. The van der Waals surface area contributed by atoms with Crippen LogP contribution >= 0.6 is 11.6 Å². The highest BCUT2D eigenvalue weighted by atomic mass is 35.5. The zero-order valence-electron chi connectivity index (χ0n) is 25.8. The van der Waals surface area contributed by atoms with E-state index in [0.717, 1.165) is 36.1 Å². The number of fused-ring (bicyclic) bond motifs is 2. The molecule has 4 atom stereocenters. The van der Waals surface area contributed by atoms with Gasteiger partial charge in [0.05, 0.1) is 30.9 Å². The summed E-state index contributed by atoms with van der Waals surface area (Å²) in [6.45, 7) is 3.04. The first-order valence-electron chi connectivity index (χ1n) is 15.8. The van der Waals surface area contributed by atoms with Gasteiger partial charge in [-0.1, -0.05) is 67.1 Å². The van der Waals surface area contributed by atoms with Gasteiger partial charge in [0.15, 0.2) is 5.60 Å². The summed E-state index contributed by atoms with van der Waals surface area (Å²) in [6.07, 6.45) is 5.79. The lowest BCUT2D eigenvalue weighted by atomic mass is 9.83. The largest absolute Gasteiger partial charge is 0.394 e. The highest BCUT2D eigenvalue weighted by molar-refractivity contribution is 6.31. The summed E-state index contributed by atoms with van der Waals surface area (Å²) in [7, 11) is 0. The van der Waals surface area contributed by atoms with E-state index >= 15 is 0 Å². The second kappa shape index (κ2) is 13.4. The molecule has 3 aromatic rings. The second-order valence-electron chi connectivity index (χ2n) is 12.4. The van der Waals surface area contributed by atoms with Crippen LogP contribution in [0.2, 0.25) is 5.02 Å². The molecule has 3 aromatic carbocycles. The van der Waals surface area contributed by atoms with Crippen molar-refractivity contribution < 1.29 is 24.6 Å². The average Bonchev–Trinajstić information content (AvgIpc) is 3.67. The number of nitrogens with zero attached hydrogens (tertiary/aromatic N) is 2. The van der Waals surface area contributed by atoms with Gasteiger partial charge in [-0.15, -0.1) is 0 Å². The van der Waals surface area contributed by atoms with Gasteiger partial charge in [0.25, 0.3) is 5.91 Å². The quantitative estimate of drug-likeness (QED) is 0.258. The fourth-order valence-corrected chi connectivity index (χ4v) is 6.99. The number of amides is 3. The third kappa shape index (κ3) is 6.20. The van der Waals surface area contributed by atoms with Crippen molar-refractivity contribution in [2.45, 2.75) is 63.4 Å². The van der Waals surface area contributed by atoms with Crippen molar-refractivity contribution in [1.29, 1.82) is 0 Å². The SMILES string of the molecule is C[C@@H](/C=C/CC(=O)N1Cc2ccccc2C[C@H]1CO)[C@]1(O)C(=O)N(Cc2cccc(NC(=O)[C@H]3CCCN3)c2)c2ccc(Cl)cc21. The van der Waals surface area contributed by atoms with Crippen molar-refractivity contribution in [2.24, 2.45) is 5.92 Å². The summed E-state index contributed by atoms with van der Waals surface area (Å²) in [5.41, 5.74) is 2.67. The molecule has 9 nitrogen and oxygen atoms in total. The van der Waals surface area contributed by atoms with Crippen molar-refractivity contribution in [3.05, 3.63) is 106 Å². The highest BCUT2D eigenvalue weighted by Crippen LogP contribution is 2.46. The molecule has 1 fully saturated rings. The molecule has 46 heavy (non-hydrogen) atoms. The molecule has 6 rings (SSSR count). The Balaban J connectivity index is 1.17. The molecule has 0 aromatic heterocycles. The molecule has 3 amide bonds. The predicted molar refractivity (Wildman–Crippen MR) is 177 cm³/mol. The van der Waals surface area contributed by atoms with Gasteiger partial charge in [-0.3, -0.25) is 14.4 Å². The van der Waals surface area contributed by atoms with Crippen LogP contribution in [0.5, 0.6) is 0 Å². The van der Waals surface area contributed by atoms with E-state index in [1.54, 1.807) is 42.2 Å². The molecule has 0 unspecified atom stereocenters. The number of anilines is 2. The second-order valence-corrected chi connectivity index (χ2v) is 12.8. The van der Waals surface area contributed by atoms with E-state index in [-0.39, 0.29) is 43.5 Å². The number of carbonyl (C=O) groups is 3. The summed E-state index contributed by atoms with van der Waals surface area (Å²) in [5.74, 6) is -1.40. The van der Waals surface area contributed by atoms with Crippen LogP contribution in [-0.2, 0) is 39.5 Å². The summed E-state index contributed by atoms with van der Waals surface area (Å²) in [6, 6.07) is 19.8. The first-order valence-corrected chi connectivity index (χ1v) is 16.2. The number of aliphatic hydroxyl groups is 2. The van der Waals surface area contributed by atoms with Crippen LogP contribution in [0.3, 0.4) is 0 Å². The summed E-state index contributed by atoms with van der Waals surface area (Å²) >= 11 is 6.35. The minimum absolute atomic E-state index is 0.0638. The Bertz CT molecular complexity index is 1670. The maximum absolute atomic E-state index is 14.0. The van der Waals surface area contributed by atoms with Crippen LogP contribution in [0.25, 0.3) is 0 Å². The zero-order chi connectivity index (χ0) is 32.4. The molecule has 3 aliphatic rings. The fourth-order valence-electron chi connectivity index (χ4n) is 6.82. The number of aliphatic hydroxyl groups excluding tert-OH is 1.